The zero-order chi connectivity index (χ0) is 16.3. The number of hydrogen-bond donors (Lipinski definition) is 1. The van der Waals surface area contributed by atoms with Crippen molar-refractivity contribution in [3.8, 4) is 0 Å². The van der Waals surface area contributed by atoms with Gasteiger partial charge in [-0.3, -0.25) is 4.79 Å². The Morgan fingerprint density at radius 2 is 1.58 bits per heavy atom. The van der Waals surface area contributed by atoms with Crippen LogP contribution in [0.4, 0.5) is 0 Å². The molecule has 0 aromatic carbocycles. The Bertz CT molecular complexity index is 523. The molecule has 0 bridgehead atoms. The molecule has 0 radical (unpaired) electrons. The third kappa shape index (κ3) is 4.40. The van der Waals surface area contributed by atoms with E-state index in [1.807, 2.05) is 4.90 Å². The molecule has 0 aliphatic carbocycles. The number of piperidine rings is 1. The van der Waals surface area contributed by atoms with Crippen LogP contribution in [0.2, 0.25) is 0 Å². The lowest BCUT2D eigenvalue weighted by molar-refractivity contribution is -0.135. The van der Waals surface area contributed by atoms with Crippen LogP contribution in [0.25, 0.3) is 0 Å². The summed E-state index contributed by atoms with van der Waals surface area (Å²) in [7, 11) is -3.38. The average Bonchev–Trinajstić information content (AvgIpc) is 2.85. The number of carbonyl (C=O) groups excluding carboxylic acids is 1. The van der Waals surface area contributed by atoms with E-state index in [0.29, 0.717) is 39.3 Å². The highest BCUT2D eigenvalue weighted by molar-refractivity contribution is 7.86. The topological polar surface area (TPSA) is 73.0 Å². The summed E-state index contributed by atoms with van der Waals surface area (Å²) in [5.41, 5.74) is 0. The van der Waals surface area contributed by atoms with Gasteiger partial charge in [0.15, 0.2) is 0 Å². The van der Waals surface area contributed by atoms with Gasteiger partial charge in [-0.15, -0.1) is 12.4 Å². The zero-order valence-electron chi connectivity index (χ0n) is 14.2. The van der Waals surface area contributed by atoms with E-state index >= 15 is 0 Å². The standard InChI is InChI=1S/C15H28N4O3S.ClH/c20-15-12-16-7-11-19(15)14-6-5-10-18(13-14)23(21,22)17-8-3-1-2-4-9-17;/h14,16H,1-13H2;1H. The Balaban J connectivity index is 0.00000208. The van der Waals surface area contributed by atoms with Crippen molar-refractivity contribution in [3.05, 3.63) is 0 Å². The van der Waals surface area contributed by atoms with Crippen LogP contribution in [0.3, 0.4) is 0 Å². The molecule has 3 aliphatic rings. The highest BCUT2D eigenvalue weighted by Gasteiger charge is 2.37. The summed E-state index contributed by atoms with van der Waals surface area (Å²) in [5.74, 6) is 0.0928. The summed E-state index contributed by atoms with van der Waals surface area (Å²) in [5, 5.41) is 3.07. The van der Waals surface area contributed by atoms with Crippen LogP contribution in [-0.2, 0) is 15.0 Å². The van der Waals surface area contributed by atoms with Gasteiger partial charge < -0.3 is 10.2 Å². The molecule has 1 N–H and O–H groups in total. The Hall–Kier alpha value is -0.410. The van der Waals surface area contributed by atoms with Gasteiger partial charge in [-0.05, 0) is 25.7 Å². The van der Waals surface area contributed by atoms with Gasteiger partial charge in [0.05, 0.1) is 6.54 Å². The molecule has 3 fully saturated rings. The first-order valence-corrected chi connectivity index (χ1v) is 10.2. The van der Waals surface area contributed by atoms with Gasteiger partial charge in [-0.25, -0.2) is 0 Å². The number of hydrogen-bond acceptors (Lipinski definition) is 4. The summed E-state index contributed by atoms with van der Waals surface area (Å²) in [6.45, 7) is 4.14. The molecular weight excluding hydrogens is 352 g/mol. The highest BCUT2D eigenvalue weighted by atomic mass is 35.5. The third-order valence-corrected chi connectivity index (χ3v) is 7.15. The van der Waals surface area contributed by atoms with Crippen molar-refractivity contribution in [2.24, 2.45) is 0 Å². The fourth-order valence-corrected chi connectivity index (χ4v) is 5.59. The summed E-state index contributed by atoms with van der Waals surface area (Å²) in [6.07, 6.45) is 5.86. The van der Waals surface area contributed by atoms with Gasteiger partial charge in [0.25, 0.3) is 10.2 Å². The van der Waals surface area contributed by atoms with Gasteiger partial charge in [0, 0.05) is 45.3 Å². The minimum atomic E-state index is -3.38. The second kappa shape index (κ2) is 8.80. The van der Waals surface area contributed by atoms with Crippen LogP contribution < -0.4 is 5.32 Å². The molecule has 3 saturated heterocycles. The third-order valence-electron chi connectivity index (χ3n) is 5.14. The predicted octanol–water partition coefficient (Wildman–Crippen LogP) is 0.425. The van der Waals surface area contributed by atoms with Gasteiger partial charge in [-0.2, -0.15) is 17.0 Å². The van der Waals surface area contributed by atoms with E-state index in [-0.39, 0.29) is 24.4 Å². The molecule has 3 rings (SSSR count). The minimum absolute atomic E-state index is 0. The maximum atomic E-state index is 12.9. The quantitative estimate of drug-likeness (QED) is 0.770. The van der Waals surface area contributed by atoms with Crippen molar-refractivity contribution in [2.75, 3.05) is 45.8 Å². The van der Waals surface area contributed by atoms with Crippen LogP contribution in [-0.4, -0.2) is 79.7 Å². The zero-order valence-corrected chi connectivity index (χ0v) is 15.8. The van der Waals surface area contributed by atoms with E-state index in [9.17, 15) is 13.2 Å². The Morgan fingerprint density at radius 1 is 0.917 bits per heavy atom. The number of rotatable bonds is 3. The van der Waals surface area contributed by atoms with Crippen molar-refractivity contribution in [3.63, 3.8) is 0 Å². The molecule has 1 amide bonds. The number of nitrogens with zero attached hydrogens (tertiary/aromatic N) is 3. The number of halogens is 1. The van der Waals surface area contributed by atoms with Crippen LogP contribution in [0, 0.1) is 0 Å². The maximum absolute atomic E-state index is 12.9. The number of nitrogens with one attached hydrogen (secondary N) is 1. The monoisotopic (exact) mass is 380 g/mol. The summed E-state index contributed by atoms with van der Waals surface area (Å²) in [6, 6.07) is 0.0279. The van der Waals surface area contributed by atoms with Crippen molar-refractivity contribution in [2.45, 2.75) is 44.6 Å². The normalized spacial score (nSPS) is 28.2. The van der Waals surface area contributed by atoms with Gasteiger partial charge >= 0.3 is 0 Å². The van der Waals surface area contributed by atoms with E-state index in [1.165, 1.54) is 0 Å². The van der Waals surface area contributed by atoms with E-state index in [2.05, 4.69) is 5.32 Å². The lowest BCUT2D eigenvalue weighted by Gasteiger charge is -2.41. The molecule has 7 nitrogen and oxygen atoms in total. The fraction of sp³-hybridized carbons (Fsp3) is 0.933. The van der Waals surface area contributed by atoms with E-state index in [1.54, 1.807) is 8.61 Å². The number of amides is 1. The second-order valence-electron chi connectivity index (χ2n) is 6.74. The van der Waals surface area contributed by atoms with Crippen molar-refractivity contribution in [1.29, 1.82) is 0 Å². The van der Waals surface area contributed by atoms with Crippen LogP contribution >= 0.6 is 12.4 Å². The lowest BCUT2D eigenvalue weighted by Crippen LogP contribution is -2.58. The second-order valence-corrected chi connectivity index (χ2v) is 8.67. The summed E-state index contributed by atoms with van der Waals surface area (Å²) < 4.78 is 29.1. The summed E-state index contributed by atoms with van der Waals surface area (Å²) in [4.78, 5) is 14.0. The van der Waals surface area contributed by atoms with Gasteiger partial charge in [0.1, 0.15) is 0 Å². The first kappa shape index (κ1) is 19.9. The molecule has 24 heavy (non-hydrogen) atoms. The molecule has 0 aromatic heterocycles. The predicted molar refractivity (Wildman–Crippen MR) is 95.4 cm³/mol. The molecule has 9 heteroatoms. The largest absolute Gasteiger partial charge is 0.336 e. The van der Waals surface area contributed by atoms with Gasteiger partial charge in [-0.1, -0.05) is 12.8 Å². The lowest BCUT2D eigenvalue weighted by atomic mass is 10.1. The van der Waals surface area contributed by atoms with E-state index in [0.717, 1.165) is 45.1 Å². The van der Waals surface area contributed by atoms with Crippen molar-refractivity contribution >= 4 is 28.5 Å². The molecule has 0 spiro atoms. The molecule has 1 unspecified atom stereocenters. The maximum Gasteiger partial charge on any atom is 0.282 e. The van der Waals surface area contributed by atoms with Crippen LogP contribution in [0.1, 0.15) is 38.5 Å². The minimum Gasteiger partial charge on any atom is -0.336 e. The molecule has 1 atom stereocenters. The molecule has 0 saturated carbocycles. The molecule has 3 aliphatic heterocycles. The Morgan fingerprint density at radius 3 is 2.25 bits per heavy atom. The first-order chi connectivity index (χ1) is 11.1. The number of carbonyl (C=O) groups is 1. The van der Waals surface area contributed by atoms with Crippen molar-refractivity contribution in [1.82, 2.24) is 18.8 Å². The Labute approximate surface area is 151 Å². The average molecular weight is 381 g/mol. The number of piperazine rings is 1. The summed E-state index contributed by atoms with van der Waals surface area (Å²) >= 11 is 0. The molecular formula is C15H29ClN4O3S. The molecule has 140 valence electrons. The van der Waals surface area contributed by atoms with E-state index < -0.39 is 10.2 Å². The highest BCUT2D eigenvalue weighted by Crippen LogP contribution is 2.23. The fourth-order valence-electron chi connectivity index (χ4n) is 3.83. The SMILES string of the molecule is Cl.O=C1CNCCN1C1CCCN(S(=O)(=O)N2CCCCCC2)C1. The van der Waals surface area contributed by atoms with Crippen LogP contribution in [0.5, 0.6) is 0 Å². The first-order valence-electron chi connectivity index (χ1n) is 8.84. The Kier molecular flexibility index (Phi) is 7.30. The molecule has 0 aromatic rings. The van der Waals surface area contributed by atoms with Gasteiger partial charge in [0.2, 0.25) is 5.91 Å². The van der Waals surface area contributed by atoms with Crippen LogP contribution in [0.15, 0.2) is 0 Å². The molecule has 3 heterocycles. The smallest absolute Gasteiger partial charge is 0.282 e. The van der Waals surface area contributed by atoms with E-state index in [4.69, 9.17) is 0 Å². The van der Waals surface area contributed by atoms with Crippen molar-refractivity contribution < 1.29 is 13.2 Å².